The van der Waals surface area contributed by atoms with E-state index in [0.29, 0.717) is 24.3 Å². The molecule has 1 nitrogen and oxygen atoms in total. The van der Waals surface area contributed by atoms with Crippen LogP contribution in [-0.2, 0) is 5.60 Å². The van der Waals surface area contributed by atoms with Gasteiger partial charge in [0.25, 0.3) is 0 Å². The maximum Gasteiger partial charge on any atom is 0.129 e. The van der Waals surface area contributed by atoms with Gasteiger partial charge >= 0.3 is 0 Å². The van der Waals surface area contributed by atoms with Crippen LogP contribution in [0.25, 0.3) is 0 Å². The van der Waals surface area contributed by atoms with E-state index in [1.807, 2.05) is 0 Å². The number of halogens is 2. The largest absolute Gasteiger partial charge is 0.385 e. The number of hydrogen-bond acceptors (Lipinski definition) is 1. The first-order valence-electron chi connectivity index (χ1n) is 6.23. The zero-order chi connectivity index (χ0) is 12.5. The Balaban J connectivity index is 2.33. The maximum absolute atomic E-state index is 13.8. The molecule has 3 heteroatoms. The summed E-state index contributed by atoms with van der Waals surface area (Å²) in [5.74, 6) is 0.208. The Morgan fingerprint density at radius 1 is 1.53 bits per heavy atom. The second kappa shape index (κ2) is 5.07. The van der Waals surface area contributed by atoms with Crippen molar-refractivity contribution in [2.45, 2.75) is 44.6 Å². The lowest BCUT2D eigenvalue weighted by molar-refractivity contribution is -0.0245. The van der Waals surface area contributed by atoms with Gasteiger partial charge < -0.3 is 5.11 Å². The van der Waals surface area contributed by atoms with E-state index < -0.39 is 5.60 Å². The van der Waals surface area contributed by atoms with Crippen molar-refractivity contribution in [3.8, 4) is 0 Å². The molecule has 1 aliphatic carbocycles. The molecule has 1 aromatic rings. The van der Waals surface area contributed by atoms with Crippen LogP contribution in [0.1, 0.15) is 44.6 Å². The predicted molar refractivity (Wildman–Crippen MR) is 70.2 cm³/mol. The van der Waals surface area contributed by atoms with Crippen LogP contribution in [0.5, 0.6) is 0 Å². The predicted octanol–water partition coefficient (Wildman–Crippen LogP) is 4.38. The molecule has 0 radical (unpaired) electrons. The van der Waals surface area contributed by atoms with Crippen molar-refractivity contribution in [1.82, 2.24) is 0 Å². The van der Waals surface area contributed by atoms with Gasteiger partial charge in [0.2, 0.25) is 0 Å². The van der Waals surface area contributed by atoms with Crippen LogP contribution in [0.15, 0.2) is 22.7 Å². The number of benzene rings is 1. The fourth-order valence-electron chi connectivity index (χ4n) is 2.81. The summed E-state index contributed by atoms with van der Waals surface area (Å²) in [5.41, 5.74) is -0.530. The van der Waals surface area contributed by atoms with Crippen LogP contribution in [0.4, 0.5) is 4.39 Å². The number of rotatable bonds is 2. The Hall–Kier alpha value is -0.410. The normalized spacial score (nSPS) is 29.3. The maximum atomic E-state index is 13.8. The Kier molecular flexibility index (Phi) is 3.88. The van der Waals surface area contributed by atoms with Crippen LogP contribution in [0.3, 0.4) is 0 Å². The van der Waals surface area contributed by atoms with Crippen LogP contribution >= 0.6 is 15.9 Å². The Morgan fingerprint density at radius 3 is 3.00 bits per heavy atom. The van der Waals surface area contributed by atoms with Gasteiger partial charge in [-0.1, -0.05) is 35.7 Å². The van der Waals surface area contributed by atoms with E-state index in [1.165, 1.54) is 6.07 Å². The lowest BCUT2D eigenvalue weighted by Crippen LogP contribution is -2.33. The van der Waals surface area contributed by atoms with E-state index in [0.717, 1.165) is 23.7 Å². The SMILES string of the molecule is CCC1CCCC(O)(c2cc(Br)ccc2F)C1. The minimum Gasteiger partial charge on any atom is -0.385 e. The number of aliphatic hydroxyl groups is 1. The van der Waals surface area contributed by atoms with Gasteiger partial charge in [-0.25, -0.2) is 4.39 Å². The van der Waals surface area contributed by atoms with Crippen molar-refractivity contribution in [3.63, 3.8) is 0 Å². The van der Waals surface area contributed by atoms with Crippen molar-refractivity contribution in [1.29, 1.82) is 0 Å². The van der Waals surface area contributed by atoms with Crippen molar-refractivity contribution in [2.24, 2.45) is 5.92 Å². The highest BCUT2D eigenvalue weighted by atomic mass is 79.9. The molecule has 0 saturated heterocycles. The minimum atomic E-state index is -0.979. The van der Waals surface area contributed by atoms with Gasteiger partial charge in [-0.05, 0) is 43.4 Å². The van der Waals surface area contributed by atoms with E-state index in [4.69, 9.17) is 0 Å². The zero-order valence-electron chi connectivity index (χ0n) is 10.0. The molecule has 2 atom stereocenters. The molecule has 94 valence electrons. The van der Waals surface area contributed by atoms with Gasteiger partial charge in [0.1, 0.15) is 5.82 Å². The molecule has 0 heterocycles. The monoisotopic (exact) mass is 300 g/mol. The van der Waals surface area contributed by atoms with Crippen molar-refractivity contribution >= 4 is 15.9 Å². The molecule has 1 fully saturated rings. The average molecular weight is 301 g/mol. The molecular formula is C14H18BrFO. The highest BCUT2D eigenvalue weighted by molar-refractivity contribution is 9.10. The highest BCUT2D eigenvalue weighted by Crippen LogP contribution is 2.42. The molecule has 2 rings (SSSR count). The fourth-order valence-corrected chi connectivity index (χ4v) is 3.17. The van der Waals surface area contributed by atoms with E-state index in [-0.39, 0.29) is 5.82 Å². The second-order valence-electron chi connectivity index (χ2n) is 5.03. The molecule has 0 aliphatic heterocycles. The summed E-state index contributed by atoms with van der Waals surface area (Å²) in [4.78, 5) is 0. The molecule has 0 bridgehead atoms. The molecule has 1 N–H and O–H groups in total. The topological polar surface area (TPSA) is 20.2 Å². The Bertz CT molecular complexity index is 407. The number of hydrogen-bond donors (Lipinski definition) is 1. The summed E-state index contributed by atoms with van der Waals surface area (Å²) in [6.45, 7) is 2.13. The minimum absolute atomic E-state index is 0.299. The fraction of sp³-hybridized carbons (Fsp3) is 0.571. The van der Waals surface area contributed by atoms with Gasteiger partial charge in [0, 0.05) is 10.0 Å². The quantitative estimate of drug-likeness (QED) is 0.859. The lowest BCUT2D eigenvalue weighted by atomic mass is 9.73. The van der Waals surface area contributed by atoms with E-state index in [9.17, 15) is 9.50 Å². The van der Waals surface area contributed by atoms with Crippen LogP contribution in [0, 0.1) is 11.7 Å². The summed E-state index contributed by atoms with van der Waals surface area (Å²) in [5, 5.41) is 10.7. The van der Waals surface area contributed by atoms with Gasteiger partial charge in [-0.15, -0.1) is 0 Å². The van der Waals surface area contributed by atoms with Crippen molar-refractivity contribution in [2.75, 3.05) is 0 Å². The third-order valence-corrected chi connectivity index (χ3v) is 4.33. The summed E-state index contributed by atoms with van der Waals surface area (Å²) in [6.07, 6.45) is 4.51. The first-order chi connectivity index (χ1) is 8.05. The van der Waals surface area contributed by atoms with Crippen molar-refractivity contribution < 1.29 is 9.50 Å². The van der Waals surface area contributed by atoms with Gasteiger partial charge in [0.15, 0.2) is 0 Å². The average Bonchev–Trinajstić information content (AvgIpc) is 2.32. The second-order valence-corrected chi connectivity index (χ2v) is 5.94. The Labute approximate surface area is 110 Å². The van der Waals surface area contributed by atoms with Crippen LogP contribution < -0.4 is 0 Å². The summed E-state index contributed by atoms with van der Waals surface area (Å²) in [6, 6.07) is 4.81. The van der Waals surface area contributed by atoms with Gasteiger partial charge in [-0.2, -0.15) is 0 Å². The van der Waals surface area contributed by atoms with Crippen LogP contribution in [-0.4, -0.2) is 5.11 Å². The van der Waals surface area contributed by atoms with Gasteiger partial charge in [-0.3, -0.25) is 0 Å². The first-order valence-corrected chi connectivity index (χ1v) is 7.02. The van der Waals surface area contributed by atoms with E-state index in [1.54, 1.807) is 12.1 Å². The highest BCUT2D eigenvalue weighted by Gasteiger charge is 2.37. The summed E-state index contributed by atoms with van der Waals surface area (Å²) >= 11 is 3.34. The van der Waals surface area contributed by atoms with E-state index in [2.05, 4.69) is 22.9 Å². The molecule has 1 saturated carbocycles. The molecule has 1 aliphatic rings. The third kappa shape index (κ3) is 2.71. The Morgan fingerprint density at radius 2 is 2.29 bits per heavy atom. The molecule has 17 heavy (non-hydrogen) atoms. The standard InChI is InChI=1S/C14H18BrFO/c1-2-10-4-3-7-14(17,9-10)12-8-11(15)5-6-13(12)16/h5-6,8,10,17H,2-4,7,9H2,1H3. The molecular weight excluding hydrogens is 283 g/mol. The molecule has 2 unspecified atom stereocenters. The summed E-state index contributed by atoms with van der Waals surface area (Å²) < 4.78 is 14.7. The lowest BCUT2D eigenvalue weighted by Gasteiger charge is -2.37. The first kappa shape index (κ1) is 13.0. The molecule has 1 aromatic carbocycles. The van der Waals surface area contributed by atoms with E-state index >= 15 is 0 Å². The molecule has 0 spiro atoms. The van der Waals surface area contributed by atoms with Crippen LogP contribution in [0.2, 0.25) is 0 Å². The van der Waals surface area contributed by atoms with Crippen molar-refractivity contribution in [3.05, 3.63) is 34.1 Å². The third-order valence-electron chi connectivity index (χ3n) is 3.84. The molecule has 0 amide bonds. The molecule has 0 aromatic heterocycles. The van der Waals surface area contributed by atoms with Gasteiger partial charge in [0.05, 0.1) is 5.60 Å². The zero-order valence-corrected chi connectivity index (χ0v) is 11.6. The summed E-state index contributed by atoms with van der Waals surface area (Å²) in [7, 11) is 0. The smallest absolute Gasteiger partial charge is 0.129 e.